The number of hydrogen-bond acceptors (Lipinski definition) is 3. The van der Waals surface area contributed by atoms with Crippen molar-refractivity contribution in [1.82, 2.24) is 0 Å². The molecule has 1 saturated heterocycles. The van der Waals surface area contributed by atoms with E-state index in [0.29, 0.717) is 10.7 Å². The zero-order valence-electron chi connectivity index (χ0n) is 16.4. The molecule has 0 bridgehead atoms. The Morgan fingerprint density at radius 2 is 1.52 bits per heavy atom. The van der Waals surface area contributed by atoms with Gasteiger partial charge in [-0.15, -0.1) is 11.8 Å². The maximum absolute atomic E-state index is 14.3. The first-order valence-corrected chi connectivity index (χ1v) is 11.2. The number of rotatable bonds is 5. The molecule has 0 saturated carbocycles. The van der Waals surface area contributed by atoms with Crippen LogP contribution in [0.15, 0.2) is 71.6 Å². The summed E-state index contributed by atoms with van der Waals surface area (Å²) < 4.78 is 14.3. The van der Waals surface area contributed by atoms with Crippen LogP contribution < -0.4 is 9.80 Å². The second kappa shape index (κ2) is 9.10. The minimum Gasteiger partial charge on any atom is -0.368 e. The van der Waals surface area contributed by atoms with Crippen LogP contribution in [0.4, 0.5) is 15.8 Å². The Labute approximate surface area is 181 Å². The van der Waals surface area contributed by atoms with Crippen LogP contribution in [0, 0.1) is 12.7 Å². The number of hydrogen-bond donors (Lipinski definition) is 0. The third kappa shape index (κ3) is 4.88. The van der Waals surface area contributed by atoms with Crippen LogP contribution in [0.1, 0.15) is 11.1 Å². The van der Waals surface area contributed by atoms with Crippen molar-refractivity contribution in [1.29, 1.82) is 0 Å². The summed E-state index contributed by atoms with van der Waals surface area (Å²) in [4.78, 5) is 5.80. The third-order valence-corrected chi connectivity index (χ3v) is 6.57. The molecule has 150 valence electrons. The minimum absolute atomic E-state index is 0.249. The molecule has 29 heavy (non-hydrogen) atoms. The standard InChI is InChI=1S/C24H24ClFN2S/c1-18-6-9-21(10-7-18)29-17-19-4-2-3-5-23(19)27-12-14-28(15-13-27)24-11-8-20(25)16-22(24)26/h2-11,16H,12-15,17H2,1H3. The quantitative estimate of drug-likeness (QED) is 0.435. The summed E-state index contributed by atoms with van der Waals surface area (Å²) in [6.07, 6.45) is 0. The molecule has 0 aliphatic carbocycles. The topological polar surface area (TPSA) is 6.48 Å². The molecule has 1 aliphatic rings. The fourth-order valence-corrected chi connectivity index (χ4v) is 4.72. The molecule has 3 aromatic rings. The summed E-state index contributed by atoms with van der Waals surface area (Å²) in [7, 11) is 0. The molecule has 1 fully saturated rings. The maximum Gasteiger partial charge on any atom is 0.147 e. The van der Waals surface area contributed by atoms with Gasteiger partial charge < -0.3 is 9.80 Å². The summed E-state index contributed by atoms with van der Waals surface area (Å²) in [5.41, 5.74) is 4.54. The van der Waals surface area contributed by atoms with E-state index < -0.39 is 0 Å². The lowest BCUT2D eigenvalue weighted by molar-refractivity contribution is 0.597. The van der Waals surface area contributed by atoms with Crippen LogP contribution in [0.5, 0.6) is 0 Å². The van der Waals surface area contributed by atoms with E-state index in [0.717, 1.165) is 31.9 Å². The zero-order valence-corrected chi connectivity index (χ0v) is 18.0. The van der Waals surface area contributed by atoms with E-state index in [4.69, 9.17) is 11.6 Å². The minimum atomic E-state index is -0.249. The summed E-state index contributed by atoms with van der Waals surface area (Å²) in [5, 5.41) is 0.435. The van der Waals surface area contributed by atoms with Crippen LogP contribution in [0.3, 0.4) is 0 Å². The zero-order chi connectivity index (χ0) is 20.2. The molecule has 0 unspecified atom stereocenters. The van der Waals surface area contributed by atoms with Crippen molar-refractivity contribution in [3.63, 3.8) is 0 Å². The van der Waals surface area contributed by atoms with Gasteiger partial charge in [-0.3, -0.25) is 0 Å². The van der Waals surface area contributed by atoms with Gasteiger partial charge in [0.25, 0.3) is 0 Å². The maximum atomic E-state index is 14.3. The Morgan fingerprint density at radius 3 is 2.21 bits per heavy atom. The molecular weight excluding hydrogens is 403 g/mol. The number of halogens is 2. The molecule has 0 amide bonds. The number of thioether (sulfide) groups is 1. The van der Waals surface area contributed by atoms with Gasteiger partial charge in [0.15, 0.2) is 0 Å². The number of para-hydroxylation sites is 1. The molecule has 0 aromatic heterocycles. The highest BCUT2D eigenvalue weighted by atomic mass is 35.5. The average molecular weight is 427 g/mol. The van der Waals surface area contributed by atoms with Crippen LogP contribution in [-0.4, -0.2) is 26.2 Å². The van der Waals surface area contributed by atoms with E-state index in [2.05, 4.69) is 65.3 Å². The Bertz CT molecular complexity index is 969. The lowest BCUT2D eigenvalue weighted by Crippen LogP contribution is -2.47. The first kappa shape index (κ1) is 20.1. The van der Waals surface area contributed by atoms with Gasteiger partial charge in [0.05, 0.1) is 5.69 Å². The molecule has 3 aromatic carbocycles. The highest BCUT2D eigenvalue weighted by molar-refractivity contribution is 7.98. The predicted octanol–water partition coefficient (Wildman–Crippen LogP) is 6.41. The van der Waals surface area contributed by atoms with E-state index in [1.54, 1.807) is 12.1 Å². The van der Waals surface area contributed by atoms with Crippen molar-refractivity contribution >= 4 is 34.7 Å². The molecule has 0 spiro atoms. The predicted molar refractivity (Wildman–Crippen MR) is 123 cm³/mol. The third-order valence-electron chi connectivity index (χ3n) is 5.28. The summed E-state index contributed by atoms with van der Waals surface area (Å²) in [6.45, 7) is 5.43. The van der Waals surface area contributed by atoms with Gasteiger partial charge in [-0.2, -0.15) is 0 Å². The monoisotopic (exact) mass is 426 g/mol. The van der Waals surface area contributed by atoms with Gasteiger partial charge in [-0.25, -0.2) is 4.39 Å². The first-order chi connectivity index (χ1) is 14.1. The molecule has 1 heterocycles. The SMILES string of the molecule is Cc1ccc(SCc2ccccc2N2CCN(c3ccc(Cl)cc3F)CC2)cc1. The van der Waals surface area contributed by atoms with Crippen LogP contribution >= 0.6 is 23.4 Å². The Balaban J connectivity index is 1.42. The fourth-order valence-electron chi connectivity index (χ4n) is 3.66. The van der Waals surface area contributed by atoms with Crippen molar-refractivity contribution in [2.75, 3.05) is 36.0 Å². The van der Waals surface area contributed by atoms with Gasteiger partial charge in [0.2, 0.25) is 0 Å². The molecule has 4 rings (SSSR count). The van der Waals surface area contributed by atoms with Crippen LogP contribution in [-0.2, 0) is 5.75 Å². The van der Waals surface area contributed by atoms with Crippen molar-refractivity contribution in [2.45, 2.75) is 17.6 Å². The summed E-state index contributed by atoms with van der Waals surface area (Å²) in [6, 6.07) is 22.2. The largest absolute Gasteiger partial charge is 0.368 e. The number of nitrogens with zero attached hydrogens (tertiary/aromatic N) is 2. The average Bonchev–Trinajstić information content (AvgIpc) is 2.74. The second-order valence-electron chi connectivity index (χ2n) is 7.30. The first-order valence-electron chi connectivity index (χ1n) is 9.82. The Kier molecular flexibility index (Phi) is 6.31. The summed E-state index contributed by atoms with van der Waals surface area (Å²) in [5.74, 6) is 0.687. The molecule has 5 heteroatoms. The van der Waals surface area contributed by atoms with Crippen molar-refractivity contribution < 1.29 is 4.39 Å². The van der Waals surface area contributed by atoms with Crippen molar-refractivity contribution in [2.24, 2.45) is 0 Å². The Hall–Kier alpha value is -2.17. The second-order valence-corrected chi connectivity index (χ2v) is 8.79. The Morgan fingerprint density at radius 1 is 0.862 bits per heavy atom. The van der Waals surface area contributed by atoms with E-state index in [1.165, 1.54) is 27.8 Å². The van der Waals surface area contributed by atoms with Gasteiger partial charge in [0, 0.05) is 47.5 Å². The lowest BCUT2D eigenvalue weighted by Gasteiger charge is -2.38. The lowest BCUT2D eigenvalue weighted by atomic mass is 10.1. The fraction of sp³-hybridized carbons (Fsp3) is 0.250. The smallest absolute Gasteiger partial charge is 0.147 e. The van der Waals surface area contributed by atoms with Crippen molar-refractivity contribution in [3.05, 3.63) is 88.7 Å². The van der Waals surface area contributed by atoms with Gasteiger partial charge in [-0.1, -0.05) is 47.5 Å². The van der Waals surface area contributed by atoms with Gasteiger partial charge in [-0.05, 0) is 48.9 Å². The number of piperazine rings is 1. The van der Waals surface area contributed by atoms with Crippen molar-refractivity contribution in [3.8, 4) is 0 Å². The molecule has 2 nitrogen and oxygen atoms in total. The van der Waals surface area contributed by atoms with Crippen LogP contribution in [0.25, 0.3) is 0 Å². The van der Waals surface area contributed by atoms with Gasteiger partial charge >= 0.3 is 0 Å². The van der Waals surface area contributed by atoms with E-state index in [-0.39, 0.29) is 5.82 Å². The van der Waals surface area contributed by atoms with E-state index in [9.17, 15) is 4.39 Å². The molecule has 0 N–H and O–H groups in total. The molecule has 0 atom stereocenters. The number of aryl methyl sites for hydroxylation is 1. The normalized spacial score (nSPS) is 14.3. The molecular formula is C24H24ClFN2S. The van der Waals surface area contributed by atoms with E-state index >= 15 is 0 Å². The molecule has 0 radical (unpaired) electrons. The number of benzene rings is 3. The van der Waals surface area contributed by atoms with Crippen LogP contribution in [0.2, 0.25) is 5.02 Å². The highest BCUT2D eigenvalue weighted by Gasteiger charge is 2.21. The number of anilines is 2. The highest BCUT2D eigenvalue weighted by Crippen LogP contribution is 2.31. The summed E-state index contributed by atoms with van der Waals surface area (Å²) >= 11 is 7.75. The van der Waals surface area contributed by atoms with Gasteiger partial charge in [0.1, 0.15) is 5.82 Å². The van der Waals surface area contributed by atoms with E-state index in [1.807, 2.05) is 11.8 Å². The molecule has 1 aliphatic heterocycles.